The fraction of sp³-hybridized carbons (Fsp3) is 0.333. The Labute approximate surface area is 101 Å². The normalized spacial score (nSPS) is 14.0. The van der Waals surface area contributed by atoms with Crippen LogP contribution in [0.25, 0.3) is 0 Å². The number of nitrogens with one attached hydrogen (secondary N) is 1. The Balaban J connectivity index is 2.84. The van der Waals surface area contributed by atoms with Gasteiger partial charge in [-0.05, 0) is 13.0 Å². The standard InChI is InChI=1S/C9H10ClF3N4/c1-5(14)3-16-17-8-7(10)2-6(4-15-8)9(11,12)13/h2-5H,14H2,1H3,(H,15,17)/b16-3+. The highest BCUT2D eigenvalue weighted by Crippen LogP contribution is 2.32. The molecule has 0 radical (unpaired) electrons. The first-order valence-electron chi connectivity index (χ1n) is 4.58. The van der Waals surface area contributed by atoms with Gasteiger partial charge in [0.1, 0.15) is 0 Å². The number of pyridine rings is 1. The second kappa shape index (κ2) is 5.33. The third kappa shape index (κ3) is 4.20. The monoisotopic (exact) mass is 266 g/mol. The fourth-order valence-corrected chi connectivity index (χ4v) is 1.10. The maximum absolute atomic E-state index is 12.3. The number of rotatable bonds is 3. The molecule has 0 saturated heterocycles. The van der Waals surface area contributed by atoms with Crippen molar-refractivity contribution in [1.82, 2.24) is 4.98 Å². The first-order chi connectivity index (χ1) is 7.80. The SMILES string of the molecule is CC(N)/C=N/Nc1ncc(C(F)(F)F)cc1Cl. The molecule has 1 unspecified atom stereocenters. The van der Waals surface area contributed by atoms with E-state index in [4.69, 9.17) is 17.3 Å². The summed E-state index contributed by atoms with van der Waals surface area (Å²) in [5.74, 6) is 0.0385. The number of anilines is 1. The molecule has 1 aromatic heterocycles. The zero-order valence-corrected chi connectivity index (χ0v) is 9.55. The second-order valence-electron chi connectivity index (χ2n) is 3.30. The second-order valence-corrected chi connectivity index (χ2v) is 3.71. The number of hydrazone groups is 1. The van der Waals surface area contributed by atoms with Gasteiger partial charge in [0.15, 0.2) is 5.82 Å². The lowest BCUT2D eigenvalue weighted by molar-refractivity contribution is -0.137. The Morgan fingerprint density at radius 2 is 2.24 bits per heavy atom. The molecule has 0 aliphatic carbocycles. The summed E-state index contributed by atoms with van der Waals surface area (Å²) in [6.07, 6.45) is -2.42. The van der Waals surface area contributed by atoms with Crippen LogP contribution in [0.4, 0.5) is 19.0 Å². The average molecular weight is 267 g/mol. The maximum Gasteiger partial charge on any atom is 0.417 e. The molecule has 0 aliphatic rings. The average Bonchev–Trinajstić information content (AvgIpc) is 2.18. The first kappa shape index (κ1) is 13.7. The highest BCUT2D eigenvalue weighted by atomic mass is 35.5. The Hall–Kier alpha value is -1.34. The molecule has 0 spiro atoms. The quantitative estimate of drug-likeness (QED) is 0.653. The predicted octanol–water partition coefficient (Wildman–Crippen LogP) is 2.50. The number of hydrogen-bond donors (Lipinski definition) is 2. The minimum absolute atomic E-state index is 0.0385. The van der Waals surface area contributed by atoms with Gasteiger partial charge in [-0.1, -0.05) is 11.6 Å². The summed E-state index contributed by atoms with van der Waals surface area (Å²) in [4.78, 5) is 3.52. The number of aromatic nitrogens is 1. The van der Waals surface area contributed by atoms with Crippen molar-refractivity contribution in [2.24, 2.45) is 10.8 Å². The number of nitrogens with two attached hydrogens (primary N) is 1. The molecule has 0 saturated carbocycles. The van der Waals surface area contributed by atoms with E-state index in [1.165, 1.54) is 6.21 Å². The van der Waals surface area contributed by atoms with E-state index < -0.39 is 11.7 Å². The van der Waals surface area contributed by atoms with Gasteiger partial charge < -0.3 is 5.73 Å². The van der Waals surface area contributed by atoms with E-state index in [0.29, 0.717) is 6.20 Å². The molecule has 94 valence electrons. The van der Waals surface area contributed by atoms with E-state index in [1.54, 1.807) is 6.92 Å². The van der Waals surface area contributed by atoms with Gasteiger partial charge in [-0.15, -0.1) is 0 Å². The Bertz CT molecular complexity index is 417. The van der Waals surface area contributed by atoms with E-state index in [1.807, 2.05) is 0 Å². The van der Waals surface area contributed by atoms with Crippen molar-refractivity contribution in [1.29, 1.82) is 0 Å². The third-order valence-corrected chi connectivity index (χ3v) is 1.94. The van der Waals surface area contributed by atoms with Crippen LogP contribution >= 0.6 is 11.6 Å². The van der Waals surface area contributed by atoms with E-state index in [-0.39, 0.29) is 16.9 Å². The van der Waals surface area contributed by atoms with E-state index in [2.05, 4.69) is 15.5 Å². The lowest BCUT2D eigenvalue weighted by Crippen LogP contribution is -2.16. The number of halogens is 4. The smallest absolute Gasteiger partial charge is 0.323 e. The summed E-state index contributed by atoms with van der Waals surface area (Å²) < 4.78 is 36.9. The molecule has 0 amide bonds. The van der Waals surface area contributed by atoms with Crippen LogP contribution in [0.3, 0.4) is 0 Å². The van der Waals surface area contributed by atoms with Gasteiger partial charge >= 0.3 is 6.18 Å². The number of alkyl halides is 3. The minimum Gasteiger partial charge on any atom is -0.323 e. The first-order valence-corrected chi connectivity index (χ1v) is 4.96. The molecule has 4 nitrogen and oxygen atoms in total. The Morgan fingerprint density at radius 3 is 2.71 bits per heavy atom. The van der Waals surface area contributed by atoms with E-state index >= 15 is 0 Å². The Morgan fingerprint density at radius 1 is 1.59 bits per heavy atom. The largest absolute Gasteiger partial charge is 0.417 e. The zero-order chi connectivity index (χ0) is 13.1. The molecule has 8 heteroatoms. The lowest BCUT2D eigenvalue weighted by atomic mass is 10.3. The topological polar surface area (TPSA) is 63.3 Å². The van der Waals surface area contributed by atoms with Crippen molar-refractivity contribution in [2.45, 2.75) is 19.1 Å². The summed E-state index contributed by atoms with van der Waals surface area (Å²) in [6, 6.07) is 0.494. The lowest BCUT2D eigenvalue weighted by Gasteiger charge is -2.08. The minimum atomic E-state index is -4.47. The summed E-state index contributed by atoms with van der Waals surface area (Å²) in [5, 5.41) is 3.50. The van der Waals surface area contributed by atoms with Crippen LogP contribution in [0.1, 0.15) is 12.5 Å². The van der Waals surface area contributed by atoms with Crippen LogP contribution < -0.4 is 11.2 Å². The van der Waals surface area contributed by atoms with Crippen molar-refractivity contribution in [3.05, 3.63) is 22.8 Å². The van der Waals surface area contributed by atoms with Gasteiger partial charge in [0.2, 0.25) is 0 Å². The summed E-state index contributed by atoms with van der Waals surface area (Å²) in [6.45, 7) is 1.69. The number of hydrogen-bond acceptors (Lipinski definition) is 4. The molecule has 1 heterocycles. The van der Waals surface area contributed by atoms with E-state index in [9.17, 15) is 13.2 Å². The van der Waals surface area contributed by atoms with Crippen LogP contribution in [-0.4, -0.2) is 17.2 Å². The zero-order valence-electron chi connectivity index (χ0n) is 8.79. The molecule has 3 N–H and O–H groups in total. The van der Waals surface area contributed by atoms with Crippen molar-refractivity contribution in [3.8, 4) is 0 Å². The van der Waals surface area contributed by atoms with Crippen molar-refractivity contribution >= 4 is 23.6 Å². The molecule has 0 aromatic carbocycles. The predicted molar refractivity (Wildman–Crippen MR) is 60.0 cm³/mol. The summed E-state index contributed by atoms with van der Waals surface area (Å²) in [5.41, 5.74) is 6.87. The molecule has 0 fully saturated rings. The fourth-order valence-electron chi connectivity index (χ4n) is 0.891. The molecule has 1 aromatic rings. The van der Waals surface area contributed by atoms with Gasteiger partial charge in [0.05, 0.1) is 10.6 Å². The van der Waals surface area contributed by atoms with Crippen molar-refractivity contribution in [2.75, 3.05) is 5.43 Å². The van der Waals surface area contributed by atoms with Crippen LogP contribution in [-0.2, 0) is 6.18 Å². The van der Waals surface area contributed by atoms with Gasteiger partial charge in [0, 0.05) is 18.5 Å². The van der Waals surface area contributed by atoms with Crippen LogP contribution in [0.2, 0.25) is 5.02 Å². The van der Waals surface area contributed by atoms with E-state index in [0.717, 1.165) is 6.07 Å². The van der Waals surface area contributed by atoms with Crippen molar-refractivity contribution < 1.29 is 13.2 Å². The van der Waals surface area contributed by atoms with Gasteiger partial charge in [-0.3, -0.25) is 5.43 Å². The maximum atomic E-state index is 12.3. The molecule has 0 bridgehead atoms. The molecule has 1 rings (SSSR count). The number of nitrogens with zero attached hydrogens (tertiary/aromatic N) is 2. The molecule has 0 aliphatic heterocycles. The van der Waals surface area contributed by atoms with Gasteiger partial charge in [-0.2, -0.15) is 18.3 Å². The highest BCUT2D eigenvalue weighted by Gasteiger charge is 2.31. The third-order valence-electron chi connectivity index (χ3n) is 1.65. The van der Waals surface area contributed by atoms with Gasteiger partial charge in [0.25, 0.3) is 0 Å². The van der Waals surface area contributed by atoms with Gasteiger partial charge in [-0.25, -0.2) is 4.98 Å². The van der Waals surface area contributed by atoms with Crippen molar-refractivity contribution in [3.63, 3.8) is 0 Å². The highest BCUT2D eigenvalue weighted by molar-refractivity contribution is 6.32. The molecular formula is C9H10ClF3N4. The Kier molecular flexibility index (Phi) is 4.30. The summed E-state index contributed by atoms with van der Waals surface area (Å²) in [7, 11) is 0. The molecule has 1 atom stereocenters. The van der Waals surface area contributed by atoms with Crippen LogP contribution in [0.5, 0.6) is 0 Å². The molecular weight excluding hydrogens is 257 g/mol. The van der Waals surface area contributed by atoms with Crippen LogP contribution in [0, 0.1) is 0 Å². The van der Waals surface area contributed by atoms with Crippen LogP contribution in [0.15, 0.2) is 17.4 Å². The summed E-state index contributed by atoms with van der Waals surface area (Å²) >= 11 is 5.62. The molecule has 17 heavy (non-hydrogen) atoms.